The van der Waals surface area contributed by atoms with Crippen molar-refractivity contribution in [2.24, 2.45) is 0 Å². The highest BCUT2D eigenvalue weighted by molar-refractivity contribution is 9.10. The summed E-state index contributed by atoms with van der Waals surface area (Å²) in [5, 5.41) is 0.209. The average molecular weight is 371 g/mol. The van der Waals surface area contributed by atoms with Gasteiger partial charge in [-0.2, -0.15) is 0 Å². The molecule has 1 aliphatic carbocycles. The van der Waals surface area contributed by atoms with Crippen molar-refractivity contribution in [2.75, 3.05) is 0 Å². The van der Waals surface area contributed by atoms with Gasteiger partial charge in [-0.05, 0) is 25.0 Å². The minimum Gasteiger partial charge on any atom is -0.207 e. The van der Waals surface area contributed by atoms with Crippen molar-refractivity contribution >= 4 is 49.2 Å². The molecule has 98 valence electrons. The van der Waals surface area contributed by atoms with Crippen molar-refractivity contribution in [1.29, 1.82) is 0 Å². The highest BCUT2D eigenvalue weighted by Crippen LogP contribution is 2.33. The molecule has 3 nitrogen and oxygen atoms in total. The Morgan fingerprint density at radius 3 is 2.17 bits per heavy atom. The largest absolute Gasteiger partial charge is 0.243 e. The maximum atomic E-state index is 12.2. The first kappa shape index (κ1) is 14.3. The van der Waals surface area contributed by atoms with Gasteiger partial charge >= 0.3 is 0 Å². The van der Waals surface area contributed by atoms with Crippen LogP contribution < -0.4 is 4.72 Å². The fourth-order valence-corrected chi connectivity index (χ4v) is 4.98. The molecule has 0 fully saturated rings. The lowest BCUT2D eigenvalue weighted by Crippen LogP contribution is -2.33. The molecule has 0 radical (unpaired) electrons. The zero-order valence-electron chi connectivity index (χ0n) is 9.16. The van der Waals surface area contributed by atoms with E-state index < -0.39 is 10.0 Å². The van der Waals surface area contributed by atoms with Crippen LogP contribution in [-0.2, 0) is 10.0 Å². The fraction of sp³-hybridized carbons (Fsp3) is 0.273. The van der Waals surface area contributed by atoms with Crippen molar-refractivity contribution in [1.82, 2.24) is 4.72 Å². The number of halogens is 3. The van der Waals surface area contributed by atoms with E-state index in [0.717, 1.165) is 0 Å². The third-order valence-electron chi connectivity index (χ3n) is 2.56. The Hall–Kier alpha value is -0.0700. The standard InChI is InChI=1S/C11H10BrCl2NO2S/c12-7-5-9(13)11(10(14)6-7)18(16,17)15-8-3-1-2-4-8/h1-2,5-6,8,15H,3-4H2. The smallest absolute Gasteiger partial charge is 0.207 e. The van der Waals surface area contributed by atoms with Gasteiger partial charge in [-0.15, -0.1) is 0 Å². The predicted octanol–water partition coefficient (Wildman–Crippen LogP) is 3.75. The Labute approximate surface area is 124 Å². The summed E-state index contributed by atoms with van der Waals surface area (Å²) in [6.07, 6.45) is 5.26. The number of hydrogen-bond acceptors (Lipinski definition) is 2. The molecule has 7 heteroatoms. The minimum atomic E-state index is -3.70. The second kappa shape index (κ2) is 5.51. The van der Waals surface area contributed by atoms with Gasteiger partial charge in [0.1, 0.15) is 4.90 Å². The molecule has 0 bridgehead atoms. The van der Waals surface area contributed by atoms with Gasteiger partial charge in [0.05, 0.1) is 10.0 Å². The molecule has 0 saturated carbocycles. The van der Waals surface area contributed by atoms with Crippen molar-refractivity contribution < 1.29 is 8.42 Å². The normalized spacial score (nSPS) is 16.4. The van der Waals surface area contributed by atoms with E-state index in [2.05, 4.69) is 20.7 Å². The molecule has 0 heterocycles. The van der Waals surface area contributed by atoms with Gasteiger partial charge in [0.25, 0.3) is 0 Å². The van der Waals surface area contributed by atoms with Crippen LogP contribution in [0, 0.1) is 0 Å². The number of benzene rings is 1. The molecule has 18 heavy (non-hydrogen) atoms. The maximum absolute atomic E-state index is 12.2. The summed E-state index contributed by atoms with van der Waals surface area (Å²) in [7, 11) is -3.70. The zero-order valence-corrected chi connectivity index (χ0v) is 13.1. The van der Waals surface area contributed by atoms with Crippen LogP contribution in [0.5, 0.6) is 0 Å². The molecule has 0 aliphatic heterocycles. The highest BCUT2D eigenvalue weighted by Gasteiger charge is 2.25. The van der Waals surface area contributed by atoms with Crippen LogP contribution in [0.15, 0.2) is 33.7 Å². The SMILES string of the molecule is O=S(=O)(NC1CC=CC1)c1c(Cl)cc(Br)cc1Cl. The molecule has 0 spiro atoms. The predicted molar refractivity (Wildman–Crippen MR) is 76.6 cm³/mol. The summed E-state index contributed by atoms with van der Waals surface area (Å²) in [6, 6.07) is 2.90. The maximum Gasteiger partial charge on any atom is 0.243 e. The molecular weight excluding hydrogens is 361 g/mol. The van der Waals surface area contributed by atoms with E-state index in [-0.39, 0.29) is 21.0 Å². The topological polar surface area (TPSA) is 46.2 Å². The van der Waals surface area contributed by atoms with Crippen LogP contribution >= 0.6 is 39.1 Å². The van der Waals surface area contributed by atoms with E-state index in [4.69, 9.17) is 23.2 Å². The minimum absolute atomic E-state index is 0.0686. The van der Waals surface area contributed by atoms with Crippen LogP contribution in [0.1, 0.15) is 12.8 Å². The number of hydrogen-bond donors (Lipinski definition) is 1. The van der Waals surface area contributed by atoms with Gasteiger partial charge in [-0.1, -0.05) is 51.3 Å². The molecule has 0 saturated heterocycles. The van der Waals surface area contributed by atoms with Gasteiger partial charge in [0, 0.05) is 10.5 Å². The van der Waals surface area contributed by atoms with Gasteiger partial charge in [0.15, 0.2) is 0 Å². The van der Waals surface area contributed by atoms with Crippen LogP contribution in [0.3, 0.4) is 0 Å². The monoisotopic (exact) mass is 369 g/mol. The van der Waals surface area contributed by atoms with Crippen LogP contribution in [0.25, 0.3) is 0 Å². The Morgan fingerprint density at radius 1 is 1.17 bits per heavy atom. The lowest BCUT2D eigenvalue weighted by molar-refractivity contribution is 0.557. The number of sulfonamides is 1. The Bertz CT molecular complexity index is 570. The first-order valence-electron chi connectivity index (χ1n) is 5.22. The zero-order chi connectivity index (χ0) is 13.3. The Balaban J connectivity index is 2.35. The Kier molecular flexibility index (Phi) is 4.39. The summed E-state index contributed by atoms with van der Waals surface area (Å²) >= 11 is 15.1. The van der Waals surface area contributed by atoms with Crippen LogP contribution in [0.2, 0.25) is 10.0 Å². The molecular formula is C11H10BrCl2NO2S. The van der Waals surface area contributed by atoms with Crippen molar-refractivity contribution in [3.63, 3.8) is 0 Å². The van der Waals surface area contributed by atoms with Gasteiger partial charge in [-0.3, -0.25) is 0 Å². The quantitative estimate of drug-likeness (QED) is 0.823. The molecule has 0 aromatic heterocycles. The van der Waals surface area contributed by atoms with Crippen molar-refractivity contribution in [3.8, 4) is 0 Å². The highest BCUT2D eigenvalue weighted by atomic mass is 79.9. The molecule has 2 rings (SSSR count). The molecule has 0 unspecified atom stereocenters. The summed E-state index contributed by atoms with van der Waals surface area (Å²) in [5.74, 6) is 0. The lowest BCUT2D eigenvalue weighted by Gasteiger charge is -2.14. The van der Waals surface area contributed by atoms with Crippen molar-refractivity contribution in [3.05, 3.63) is 38.8 Å². The summed E-state index contributed by atoms with van der Waals surface area (Å²) in [5.41, 5.74) is 0. The second-order valence-corrected chi connectivity index (χ2v) is 7.34. The molecule has 0 atom stereocenters. The van der Waals surface area contributed by atoms with E-state index in [1.165, 1.54) is 12.1 Å². The van der Waals surface area contributed by atoms with E-state index >= 15 is 0 Å². The lowest BCUT2D eigenvalue weighted by atomic mass is 10.3. The second-order valence-electron chi connectivity index (χ2n) is 3.96. The van der Waals surface area contributed by atoms with E-state index in [0.29, 0.717) is 17.3 Å². The van der Waals surface area contributed by atoms with E-state index in [1.807, 2.05) is 12.2 Å². The van der Waals surface area contributed by atoms with E-state index in [9.17, 15) is 8.42 Å². The molecule has 1 aromatic rings. The number of rotatable bonds is 3. The fourth-order valence-electron chi connectivity index (χ4n) is 1.78. The van der Waals surface area contributed by atoms with Crippen LogP contribution in [-0.4, -0.2) is 14.5 Å². The van der Waals surface area contributed by atoms with Crippen molar-refractivity contribution in [2.45, 2.75) is 23.8 Å². The molecule has 1 aliphatic rings. The number of nitrogens with one attached hydrogen (secondary N) is 1. The van der Waals surface area contributed by atoms with Gasteiger partial charge in [-0.25, -0.2) is 13.1 Å². The third-order valence-corrected chi connectivity index (χ3v) is 5.46. The summed E-state index contributed by atoms with van der Waals surface area (Å²) in [6.45, 7) is 0. The third kappa shape index (κ3) is 3.08. The summed E-state index contributed by atoms with van der Waals surface area (Å²) in [4.78, 5) is -0.0686. The van der Waals surface area contributed by atoms with Gasteiger partial charge < -0.3 is 0 Å². The average Bonchev–Trinajstić information content (AvgIpc) is 2.66. The molecule has 1 aromatic carbocycles. The van der Waals surface area contributed by atoms with Gasteiger partial charge in [0.2, 0.25) is 10.0 Å². The first-order valence-corrected chi connectivity index (χ1v) is 8.25. The summed E-state index contributed by atoms with van der Waals surface area (Å²) < 4.78 is 27.7. The van der Waals surface area contributed by atoms with Crippen LogP contribution in [0.4, 0.5) is 0 Å². The van der Waals surface area contributed by atoms with E-state index in [1.54, 1.807) is 0 Å². The Morgan fingerprint density at radius 2 is 1.67 bits per heavy atom. The molecule has 1 N–H and O–H groups in total. The molecule has 0 amide bonds. The first-order chi connectivity index (χ1) is 8.40.